The van der Waals surface area contributed by atoms with Crippen LogP contribution < -0.4 is 15.2 Å². The Morgan fingerprint density at radius 1 is 1.16 bits per heavy atom. The molecule has 0 radical (unpaired) electrons. The van der Waals surface area contributed by atoms with Crippen LogP contribution in [0.1, 0.15) is 5.56 Å². The van der Waals surface area contributed by atoms with Gasteiger partial charge in [0.25, 0.3) is 5.89 Å². The van der Waals surface area contributed by atoms with E-state index in [9.17, 15) is 0 Å². The number of ether oxygens (including phenoxy) is 2. The number of nitrogens with one attached hydrogen (secondary N) is 1. The number of para-hydroxylation sites is 1. The number of aromatic nitrogens is 4. The molecule has 0 aliphatic rings. The average molecular weight is 417 g/mol. The zero-order chi connectivity index (χ0) is 21.4. The summed E-state index contributed by atoms with van der Waals surface area (Å²) in [5.41, 5.74) is 10.4. The summed E-state index contributed by atoms with van der Waals surface area (Å²) in [6.07, 6.45) is 4.11. The Bertz CT molecular complexity index is 1340. The van der Waals surface area contributed by atoms with Crippen molar-refractivity contribution < 1.29 is 14.0 Å². The number of nitrogens with zero attached hydrogens (tertiary/aromatic N) is 3. The molecule has 5 rings (SSSR count). The molecule has 0 aliphatic heterocycles. The van der Waals surface area contributed by atoms with Gasteiger partial charge < -0.3 is 29.3 Å². The first-order valence-corrected chi connectivity index (χ1v) is 10.0. The zero-order valence-corrected chi connectivity index (χ0v) is 17.3. The predicted octanol–water partition coefficient (Wildman–Crippen LogP) is 3.67. The monoisotopic (exact) mass is 417 g/mol. The lowest BCUT2D eigenvalue weighted by Crippen LogP contribution is -2.30. The van der Waals surface area contributed by atoms with Gasteiger partial charge in [-0.2, -0.15) is 4.98 Å². The summed E-state index contributed by atoms with van der Waals surface area (Å²) in [4.78, 5) is 7.46. The minimum Gasteiger partial charge on any atom is -0.495 e. The molecule has 0 spiro atoms. The Hall–Kier alpha value is -3.78. The van der Waals surface area contributed by atoms with Crippen molar-refractivity contribution in [2.75, 3.05) is 13.7 Å². The summed E-state index contributed by atoms with van der Waals surface area (Å²) in [6.45, 7) is 0.381. The molecule has 8 heteroatoms. The molecule has 0 amide bonds. The number of aryl methyl sites for hydroxylation is 1. The van der Waals surface area contributed by atoms with Gasteiger partial charge in [-0.3, -0.25) is 0 Å². The highest BCUT2D eigenvalue weighted by Gasteiger charge is 2.19. The second kappa shape index (κ2) is 7.81. The minimum atomic E-state index is -0.157. The third kappa shape index (κ3) is 3.40. The molecular weight excluding hydrogens is 394 g/mol. The Kier molecular flexibility index (Phi) is 4.83. The fraction of sp³-hybridized carbons (Fsp3) is 0.217. The third-order valence-corrected chi connectivity index (χ3v) is 5.53. The minimum absolute atomic E-state index is 0.157. The van der Waals surface area contributed by atoms with Crippen LogP contribution in [0.15, 0.2) is 59.5 Å². The van der Waals surface area contributed by atoms with E-state index in [1.165, 1.54) is 17.3 Å². The molecule has 3 heterocycles. The van der Waals surface area contributed by atoms with Crippen LogP contribution in [0.2, 0.25) is 0 Å². The first kappa shape index (κ1) is 19.2. The molecule has 0 bridgehead atoms. The van der Waals surface area contributed by atoms with Crippen LogP contribution in [0, 0.1) is 0 Å². The van der Waals surface area contributed by atoms with Crippen molar-refractivity contribution in [1.82, 2.24) is 19.7 Å². The van der Waals surface area contributed by atoms with Crippen molar-refractivity contribution in [1.29, 1.82) is 0 Å². The molecule has 1 atom stereocenters. The summed E-state index contributed by atoms with van der Waals surface area (Å²) in [6, 6.07) is 13.8. The third-order valence-electron chi connectivity index (χ3n) is 5.53. The lowest BCUT2D eigenvalue weighted by atomic mass is 10.1. The van der Waals surface area contributed by atoms with Crippen LogP contribution in [0.3, 0.4) is 0 Å². The van der Waals surface area contributed by atoms with Gasteiger partial charge in [-0.1, -0.05) is 23.4 Å². The van der Waals surface area contributed by atoms with Crippen LogP contribution in [0.5, 0.6) is 11.5 Å². The predicted molar refractivity (Wildman–Crippen MR) is 118 cm³/mol. The molecule has 8 nitrogen and oxygen atoms in total. The van der Waals surface area contributed by atoms with Gasteiger partial charge in [0.05, 0.1) is 12.6 Å². The molecule has 158 valence electrons. The number of fused-ring (bicyclic) bond motifs is 2. The fourth-order valence-electron chi connectivity index (χ4n) is 4.03. The summed E-state index contributed by atoms with van der Waals surface area (Å²) in [5, 5.41) is 5.80. The van der Waals surface area contributed by atoms with E-state index in [0.717, 1.165) is 33.6 Å². The number of H-pyrrole nitrogens is 1. The fourth-order valence-corrected chi connectivity index (χ4v) is 4.03. The molecule has 0 aliphatic carbocycles. The van der Waals surface area contributed by atoms with Crippen LogP contribution in [0.25, 0.3) is 33.4 Å². The highest BCUT2D eigenvalue weighted by Crippen LogP contribution is 2.38. The van der Waals surface area contributed by atoms with E-state index in [1.54, 1.807) is 7.11 Å². The van der Waals surface area contributed by atoms with Gasteiger partial charge in [0.2, 0.25) is 0 Å². The largest absolute Gasteiger partial charge is 0.495 e. The maximum absolute atomic E-state index is 6.41. The van der Waals surface area contributed by atoms with Gasteiger partial charge >= 0.3 is 0 Å². The second-order valence-electron chi connectivity index (χ2n) is 7.50. The molecule has 0 fully saturated rings. The Morgan fingerprint density at radius 2 is 2.00 bits per heavy atom. The van der Waals surface area contributed by atoms with Crippen LogP contribution in [-0.4, -0.2) is 39.5 Å². The van der Waals surface area contributed by atoms with Crippen LogP contribution >= 0.6 is 0 Å². The smallest absolute Gasteiger partial charge is 0.274 e. The topological polar surface area (TPSA) is 104 Å². The summed E-state index contributed by atoms with van der Waals surface area (Å²) in [5.74, 6) is 1.90. The number of methoxy groups -OCH3 is 1. The molecule has 0 saturated carbocycles. The number of hydrogen-bond acceptors (Lipinski definition) is 6. The van der Waals surface area contributed by atoms with E-state index in [2.05, 4.69) is 27.3 Å². The van der Waals surface area contributed by atoms with Gasteiger partial charge in [0, 0.05) is 35.6 Å². The number of hydrogen-bond donors (Lipinski definition) is 2. The Morgan fingerprint density at radius 3 is 2.81 bits per heavy atom. The molecule has 31 heavy (non-hydrogen) atoms. The molecule has 3 N–H and O–H groups in total. The normalized spacial score (nSPS) is 12.5. The van der Waals surface area contributed by atoms with Gasteiger partial charge in [-0.25, -0.2) is 0 Å². The van der Waals surface area contributed by atoms with Gasteiger partial charge in [0.15, 0.2) is 6.33 Å². The van der Waals surface area contributed by atoms with E-state index in [0.29, 0.717) is 18.9 Å². The SMILES string of the molecule is COc1ccc(OC[C@@H](N)Cc2c[nH]c3ccccc23)c2cc(-c3ncno3)n(C)c12. The lowest BCUT2D eigenvalue weighted by Gasteiger charge is -2.15. The van der Waals surface area contributed by atoms with Crippen molar-refractivity contribution in [3.05, 3.63) is 60.6 Å². The number of rotatable bonds is 7. The molecule has 0 saturated heterocycles. The number of aromatic amines is 1. The Balaban J connectivity index is 1.40. The molecule has 0 unspecified atom stereocenters. The highest BCUT2D eigenvalue weighted by atomic mass is 16.5. The molecule has 3 aromatic heterocycles. The van der Waals surface area contributed by atoms with Gasteiger partial charge in [-0.15, -0.1) is 0 Å². The van der Waals surface area contributed by atoms with E-state index in [4.69, 9.17) is 19.7 Å². The highest BCUT2D eigenvalue weighted by molar-refractivity contribution is 5.95. The molecule has 5 aromatic rings. The number of benzene rings is 2. The van der Waals surface area contributed by atoms with Crippen molar-refractivity contribution in [2.24, 2.45) is 12.8 Å². The van der Waals surface area contributed by atoms with Crippen molar-refractivity contribution in [2.45, 2.75) is 12.5 Å². The zero-order valence-electron chi connectivity index (χ0n) is 17.3. The Labute approximate surface area is 178 Å². The standard InChI is InChI=1S/C23H23N5O3/c1-28-19(23-26-13-27-31-23)10-17-20(7-8-21(29-2)22(17)28)30-12-15(24)9-14-11-25-18-6-4-3-5-16(14)18/h3-8,10-11,13,15,25H,9,12,24H2,1-2H3/t15-/m0/s1. The van der Waals surface area contributed by atoms with Crippen LogP contribution in [0.4, 0.5) is 0 Å². The summed E-state index contributed by atoms with van der Waals surface area (Å²) in [7, 11) is 3.57. The summed E-state index contributed by atoms with van der Waals surface area (Å²) < 4.78 is 18.9. The maximum atomic E-state index is 6.41. The maximum Gasteiger partial charge on any atom is 0.274 e. The van der Waals surface area contributed by atoms with Crippen LogP contribution in [-0.2, 0) is 13.5 Å². The quantitative estimate of drug-likeness (QED) is 0.419. The van der Waals surface area contributed by atoms with E-state index < -0.39 is 0 Å². The van der Waals surface area contributed by atoms with E-state index >= 15 is 0 Å². The summed E-state index contributed by atoms with van der Waals surface area (Å²) >= 11 is 0. The second-order valence-corrected chi connectivity index (χ2v) is 7.50. The molecule has 2 aromatic carbocycles. The van der Waals surface area contributed by atoms with Gasteiger partial charge in [-0.05, 0) is 36.2 Å². The first-order valence-electron chi connectivity index (χ1n) is 10.0. The van der Waals surface area contributed by atoms with Crippen molar-refractivity contribution in [3.63, 3.8) is 0 Å². The van der Waals surface area contributed by atoms with Gasteiger partial charge in [0.1, 0.15) is 23.8 Å². The van der Waals surface area contributed by atoms with E-state index in [1.807, 2.05) is 48.1 Å². The van der Waals surface area contributed by atoms with Crippen molar-refractivity contribution in [3.8, 4) is 23.1 Å². The lowest BCUT2D eigenvalue weighted by molar-refractivity contribution is 0.290. The number of nitrogens with two attached hydrogens (primary N) is 1. The van der Waals surface area contributed by atoms with Crippen molar-refractivity contribution >= 4 is 21.8 Å². The first-order chi connectivity index (χ1) is 15.2. The average Bonchev–Trinajstić information content (AvgIpc) is 3.52. The van der Waals surface area contributed by atoms with E-state index in [-0.39, 0.29) is 6.04 Å². The molecular formula is C23H23N5O3.